The first kappa shape index (κ1) is 19.2. The third kappa shape index (κ3) is 4.57. The number of nitrogens with zero attached hydrogens (tertiary/aromatic N) is 2. The van der Waals surface area contributed by atoms with Gasteiger partial charge in [-0.2, -0.15) is 0 Å². The zero-order chi connectivity index (χ0) is 19.4. The fourth-order valence-corrected chi connectivity index (χ4v) is 3.14. The summed E-state index contributed by atoms with van der Waals surface area (Å²) in [4.78, 5) is 39.7. The lowest BCUT2D eigenvalue weighted by molar-refractivity contribution is -0.154. The van der Waals surface area contributed by atoms with E-state index in [1.165, 1.54) is 4.90 Å². The monoisotopic (exact) mass is 376 g/mol. The highest BCUT2D eigenvalue weighted by Crippen LogP contribution is 2.33. The Balaban J connectivity index is 1.50. The molecule has 8 nitrogen and oxygen atoms in total. The zero-order valence-corrected chi connectivity index (χ0v) is 15.6. The highest BCUT2D eigenvalue weighted by Gasteiger charge is 2.31. The Morgan fingerprint density at radius 3 is 2.81 bits per heavy atom. The lowest BCUT2D eigenvalue weighted by Crippen LogP contribution is -2.46. The van der Waals surface area contributed by atoms with Gasteiger partial charge in [0.15, 0.2) is 12.7 Å². The third-order valence-corrected chi connectivity index (χ3v) is 4.56. The fraction of sp³-hybridized carbons (Fsp3) is 0.526. The molecular formula is C19H24N2O6. The average molecular weight is 376 g/mol. The van der Waals surface area contributed by atoms with Crippen LogP contribution in [0.2, 0.25) is 0 Å². The summed E-state index contributed by atoms with van der Waals surface area (Å²) in [5.41, 5.74) is 0.631. The van der Waals surface area contributed by atoms with Gasteiger partial charge in [0.2, 0.25) is 0 Å². The Labute approximate surface area is 158 Å². The number of ether oxygens (including phenoxy) is 3. The Hall–Kier alpha value is -2.61. The number of fused-ring (bicyclic) bond motifs is 1. The molecule has 0 spiro atoms. The number of anilines is 1. The Morgan fingerprint density at radius 1 is 1.26 bits per heavy atom. The van der Waals surface area contributed by atoms with E-state index in [9.17, 15) is 14.4 Å². The molecule has 0 aromatic heterocycles. The zero-order valence-electron chi connectivity index (χ0n) is 15.6. The molecule has 2 unspecified atom stereocenters. The van der Waals surface area contributed by atoms with Crippen LogP contribution in [-0.4, -0.2) is 67.7 Å². The molecule has 1 aromatic carbocycles. The van der Waals surface area contributed by atoms with Gasteiger partial charge in [-0.3, -0.25) is 14.4 Å². The van der Waals surface area contributed by atoms with Gasteiger partial charge in [-0.05, 0) is 26.0 Å². The molecule has 0 saturated carbocycles. The molecule has 2 amide bonds. The average Bonchev–Trinajstić information content (AvgIpc) is 2.66. The van der Waals surface area contributed by atoms with Gasteiger partial charge in [-0.1, -0.05) is 12.1 Å². The standard InChI is InChI=1S/C19H24N2O6/c1-13-11-20(9-10-25-13)17(22)12-26-18(23)7-8-21-15-5-3-4-6-16(15)27-14(2)19(21)24/h3-6,13-14H,7-12H2,1-2H3. The summed E-state index contributed by atoms with van der Waals surface area (Å²) in [6, 6.07) is 7.18. The topological polar surface area (TPSA) is 85.4 Å². The van der Waals surface area contributed by atoms with Crippen LogP contribution in [0, 0.1) is 0 Å². The molecule has 8 heteroatoms. The highest BCUT2D eigenvalue weighted by atomic mass is 16.5. The van der Waals surface area contributed by atoms with Gasteiger partial charge in [0.25, 0.3) is 11.8 Å². The van der Waals surface area contributed by atoms with Crippen molar-refractivity contribution in [2.75, 3.05) is 37.7 Å². The molecule has 1 aromatic rings. The van der Waals surface area contributed by atoms with Crippen molar-refractivity contribution in [1.82, 2.24) is 4.90 Å². The van der Waals surface area contributed by atoms with Crippen LogP contribution >= 0.6 is 0 Å². The van der Waals surface area contributed by atoms with Gasteiger partial charge in [-0.25, -0.2) is 0 Å². The molecule has 2 aliphatic rings. The van der Waals surface area contributed by atoms with E-state index < -0.39 is 12.1 Å². The summed E-state index contributed by atoms with van der Waals surface area (Å²) >= 11 is 0. The first-order valence-electron chi connectivity index (χ1n) is 9.07. The van der Waals surface area contributed by atoms with Crippen molar-refractivity contribution in [3.63, 3.8) is 0 Å². The summed E-state index contributed by atoms with van der Waals surface area (Å²) < 4.78 is 16.0. The molecule has 0 aliphatic carbocycles. The molecular weight excluding hydrogens is 352 g/mol. The molecule has 2 atom stereocenters. The van der Waals surface area contributed by atoms with E-state index in [0.717, 1.165) is 0 Å². The summed E-state index contributed by atoms with van der Waals surface area (Å²) in [5.74, 6) is -0.358. The van der Waals surface area contributed by atoms with Crippen LogP contribution in [0.3, 0.4) is 0 Å². The quantitative estimate of drug-likeness (QED) is 0.712. The largest absolute Gasteiger partial charge is 0.479 e. The van der Waals surface area contributed by atoms with E-state index in [0.29, 0.717) is 31.1 Å². The van der Waals surface area contributed by atoms with E-state index >= 15 is 0 Å². The van der Waals surface area contributed by atoms with E-state index in [1.807, 2.05) is 13.0 Å². The number of esters is 1. The van der Waals surface area contributed by atoms with Crippen molar-refractivity contribution in [3.8, 4) is 5.75 Å². The predicted octanol–water partition coefficient (Wildman–Crippen LogP) is 0.981. The van der Waals surface area contributed by atoms with Gasteiger partial charge < -0.3 is 24.0 Å². The van der Waals surface area contributed by atoms with Crippen molar-refractivity contribution in [2.45, 2.75) is 32.5 Å². The minimum atomic E-state index is -0.610. The molecule has 146 valence electrons. The second-order valence-electron chi connectivity index (χ2n) is 6.65. The third-order valence-electron chi connectivity index (χ3n) is 4.56. The summed E-state index contributed by atoms with van der Waals surface area (Å²) in [7, 11) is 0. The van der Waals surface area contributed by atoms with Crippen molar-refractivity contribution in [1.29, 1.82) is 0 Å². The summed E-state index contributed by atoms with van der Waals surface area (Å²) in [6.45, 7) is 4.92. The van der Waals surface area contributed by atoms with Crippen LogP contribution < -0.4 is 9.64 Å². The molecule has 3 rings (SSSR count). The first-order chi connectivity index (χ1) is 13.0. The van der Waals surface area contributed by atoms with Crippen LogP contribution in [0.25, 0.3) is 0 Å². The molecule has 1 saturated heterocycles. The van der Waals surface area contributed by atoms with Gasteiger partial charge >= 0.3 is 5.97 Å². The highest BCUT2D eigenvalue weighted by molar-refractivity contribution is 6.00. The van der Waals surface area contributed by atoms with E-state index in [4.69, 9.17) is 14.2 Å². The number of amides is 2. The van der Waals surface area contributed by atoms with Crippen molar-refractivity contribution in [2.24, 2.45) is 0 Å². The van der Waals surface area contributed by atoms with E-state index in [1.54, 1.807) is 30.0 Å². The number of hydrogen-bond acceptors (Lipinski definition) is 6. The fourth-order valence-electron chi connectivity index (χ4n) is 3.14. The molecule has 0 bridgehead atoms. The van der Waals surface area contributed by atoms with Crippen LogP contribution in [-0.2, 0) is 23.9 Å². The number of para-hydroxylation sites is 2. The van der Waals surface area contributed by atoms with E-state index in [2.05, 4.69) is 0 Å². The van der Waals surface area contributed by atoms with Gasteiger partial charge in [0.1, 0.15) is 5.75 Å². The maximum absolute atomic E-state index is 12.4. The smallest absolute Gasteiger partial charge is 0.308 e. The number of hydrogen-bond donors (Lipinski definition) is 0. The lowest BCUT2D eigenvalue weighted by Gasteiger charge is -2.32. The Morgan fingerprint density at radius 2 is 2.04 bits per heavy atom. The Bertz CT molecular complexity index is 722. The number of morpholine rings is 1. The van der Waals surface area contributed by atoms with Gasteiger partial charge in [0.05, 0.1) is 24.8 Å². The molecule has 2 aliphatic heterocycles. The molecule has 1 fully saturated rings. The van der Waals surface area contributed by atoms with Crippen molar-refractivity contribution in [3.05, 3.63) is 24.3 Å². The molecule has 0 radical (unpaired) electrons. The van der Waals surface area contributed by atoms with Crippen LogP contribution in [0.4, 0.5) is 5.69 Å². The Kier molecular flexibility index (Phi) is 5.95. The van der Waals surface area contributed by atoms with Crippen molar-refractivity contribution >= 4 is 23.5 Å². The number of benzene rings is 1. The van der Waals surface area contributed by atoms with Crippen molar-refractivity contribution < 1.29 is 28.6 Å². The SMILES string of the molecule is CC1CN(C(=O)COC(=O)CCN2C(=O)C(C)Oc3ccccc32)CCO1. The van der Waals surface area contributed by atoms with E-state index in [-0.39, 0.29) is 37.5 Å². The minimum absolute atomic E-state index is 0.000409. The van der Waals surface area contributed by atoms with Gasteiger partial charge in [0, 0.05) is 19.6 Å². The number of carbonyl (C=O) groups is 3. The van der Waals surface area contributed by atoms with Gasteiger partial charge in [-0.15, -0.1) is 0 Å². The van der Waals surface area contributed by atoms with Crippen LogP contribution in [0.1, 0.15) is 20.3 Å². The summed E-state index contributed by atoms with van der Waals surface area (Å²) in [5, 5.41) is 0. The summed E-state index contributed by atoms with van der Waals surface area (Å²) in [6.07, 6.45) is -0.631. The molecule has 27 heavy (non-hydrogen) atoms. The predicted molar refractivity (Wildman–Crippen MR) is 96.5 cm³/mol. The first-order valence-corrected chi connectivity index (χ1v) is 9.07. The van der Waals surface area contributed by atoms with Crippen LogP contribution in [0.15, 0.2) is 24.3 Å². The van der Waals surface area contributed by atoms with Crippen LogP contribution in [0.5, 0.6) is 5.75 Å². The lowest BCUT2D eigenvalue weighted by atomic mass is 10.2. The number of carbonyl (C=O) groups excluding carboxylic acids is 3. The normalized spacial score (nSPS) is 22.1. The number of rotatable bonds is 5. The second-order valence-corrected chi connectivity index (χ2v) is 6.65. The molecule has 2 heterocycles. The second kappa shape index (κ2) is 8.39. The maximum Gasteiger partial charge on any atom is 0.308 e. The minimum Gasteiger partial charge on any atom is -0.479 e. The molecule has 0 N–H and O–H groups in total. The maximum atomic E-state index is 12.4.